The van der Waals surface area contributed by atoms with E-state index >= 15 is 0 Å². The predicted molar refractivity (Wildman–Crippen MR) is 72.7 cm³/mol. The maximum Gasteiger partial charge on any atom is 0.226 e. The summed E-state index contributed by atoms with van der Waals surface area (Å²) in [6, 6.07) is 7.71. The number of hydrogen-bond acceptors (Lipinski definition) is 5. The molecule has 0 aliphatic heterocycles. The number of aromatic nitrogens is 3. The van der Waals surface area contributed by atoms with E-state index in [9.17, 15) is 0 Å². The molecule has 0 amide bonds. The highest BCUT2D eigenvalue weighted by atomic mass is 15.2. The van der Waals surface area contributed by atoms with Crippen molar-refractivity contribution in [3.05, 3.63) is 47.5 Å². The summed E-state index contributed by atoms with van der Waals surface area (Å²) in [6.07, 6.45) is 4.46. The molecular weight excluding hydrogens is 238 g/mol. The average molecular weight is 253 g/mol. The number of likely N-dealkylation sites (N-methyl/N-ethyl adjacent to an activating group) is 1. The summed E-state index contributed by atoms with van der Waals surface area (Å²) in [6.45, 7) is 2.65. The zero-order valence-electron chi connectivity index (χ0n) is 11.0. The van der Waals surface area contributed by atoms with Gasteiger partial charge in [-0.05, 0) is 37.1 Å². The maximum atomic E-state index is 8.91. The molecule has 19 heavy (non-hydrogen) atoms. The van der Waals surface area contributed by atoms with Crippen molar-refractivity contribution in [2.24, 2.45) is 0 Å². The van der Waals surface area contributed by atoms with E-state index in [4.69, 9.17) is 5.26 Å². The van der Waals surface area contributed by atoms with E-state index < -0.39 is 0 Å². The Labute approximate surface area is 112 Å². The number of pyridine rings is 1. The summed E-state index contributed by atoms with van der Waals surface area (Å²) in [4.78, 5) is 14.5. The first kappa shape index (κ1) is 13.0. The molecule has 96 valence electrons. The topological polar surface area (TPSA) is 65.7 Å². The van der Waals surface area contributed by atoms with E-state index in [-0.39, 0.29) is 0 Å². The van der Waals surface area contributed by atoms with Crippen LogP contribution < -0.4 is 4.90 Å². The van der Waals surface area contributed by atoms with Gasteiger partial charge in [-0.25, -0.2) is 9.97 Å². The van der Waals surface area contributed by atoms with Crippen LogP contribution in [0.4, 0.5) is 5.95 Å². The molecule has 0 saturated heterocycles. The molecule has 0 aromatic carbocycles. The summed E-state index contributed by atoms with van der Waals surface area (Å²) in [5.41, 5.74) is 2.42. The van der Waals surface area contributed by atoms with Gasteiger partial charge in [-0.2, -0.15) is 5.26 Å². The molecule has 0 spiro atoms. The summed E-state index contributed by atoms with van der Waals surface area (Å²) in [7, 11) is 1.93. The van der Waals surface area contributed by atoms with Crippen molar-refractivity contribution in [2.45, 2.75) is 13.3 Å². The molecule has 0 fully saturated rings. The molecule has 0 unspecified atom stereocenters. The number of rotatable bonds is 4. The lowest BCUT2D eigenvalue weighted by molar-refractivity contribution is 0.830. The second-order valence-electron chi connectivity index (χ2n) is 4.33. The zero-order chi connectivity index (χ0) is 13.7. The summed E-state index contributed by atoms with van der Waals surface area (Å²) >= 11 is 0. The fourth-order valence-corrected chi connectivity index (χ4v) is 1.73. The third-order valence-corrected chi connectivity index (χ3v) is 2.78. The van der Waals surface area contributed by atoms with Gasteiger partial charge < -0.3 is 4.90 Å². The standard InChI is InChI=1S/C14H15N5/c1-11-9-13(10-15)18-14(17-11)19(2)8-5-12-3-6-16-7-4-12/h3-4,6-7,9H,5,8H2,1-2H3. The Kier molecular flexibility index (Phi) is 4.04. The Balaban J connectivity index is 2.06. The minimum absolute atomic E-state index is 0.401. The smallest absolute Gasteiger partial charge is 0.226 e. The molecule has 5 heteroatoms. The van der Waals surface area contributed by atoms with Crippen LogP contribution in [0.2, 0.25) is 0 Å². The highest BCUT2D eigenvalue weighted by Crippen LogP contribution is 2.09. The predicted octanol–water partition coefficient (Wildman–Crippen LogP) is 1.73. The number of aryl methyl sites for hydroxylation is 1. The van der Waals surface area contributed by atoms with Gasteiger partial charge in [0, 0.05) is 31.7 Å². The van der Waals surface area contributed by atoms with Crippen LogP contribution in [-0.4, -0.2) is 28.5 Å². The van der Waals surface area contributed by atoms with Crippen molar-refractivity contribution in [1.82, 2.24) is 15.0 Å². The van der Waals surface area contributed by atoms with Crippen molar-refractivity contribution >= 4 is 5.95 Å². The van der Waals surface area contributed by atoms with Gasteiger partial charge in [0.25, 0.3) is 0 Å². The third-order valence-electron chi connectivity index (χ3n) is 2.78. The minimum Gasteiger partial charge on any atom is -0.344 e. The molecule has 0 aliphatic carbocycles. The van der Waals surface area contributed by atoms with Crippen molar-refractivity contribution in [1.29, 1.82) is 5.26 Å². The Bertz CT molecular complexity index is 589. The summed E-state index contributed by atoms with van der Waals surface area (Å²) < 4.78 is 0. The van der Waals surface area contributed by atoms with Gasteiger partial charge in [0.15, 0.2) is 0 Å². The fraction of sp³-hybridized carbons (Fsp3) is 0.286. The number of hydrogen-bond donors (Lipinski definition) is 0. The van der Waals surface area contributed by atoms with E-state index in [1.807, 2.05) is 31.0 Å². The molecule has 0 radical (unpaired) electrons. The number of nitrogens with zero attached hydrogens (tertiary/aromatic N) is 5. The summed E-state index contributed by atoms with van der Waals surface area (Å²) in [5, 5.41) is 8.91. The Morgan fingerprint density at radius 2 is 2.00 bits per heavy atom. The van der Waals surface area contributed by atoms with Gasteiger partial charge in [0.2, 0.25) is 5.95 Å². The van der Waals surface area contributed by atoms with E-state index in [1.54, 1.807) is 18.5 Å². The van der Waals surface area contributed by atoms with Crippen LogP contribution in [0.3, 0.4) is 0 Å². The third kappa shape index (κ3) is 3.49. The summed E-state index contributed by atoms with van der Waals surface area (Å²) in [5.74, 6) is 0.589. The largest absolute Gasteiger partial charge is 0.344 e. The average Bonchev–Trinajstić information content (AvgIpc) is 2.45. The van der Waals surface area contributed by atoms with E-state index in [0.717, 1.165) is 18.7 Å². The molecule has 0 saturated carbocycles. The second kappa shape index (κ2) is 5.91. The monoisotopic (exact) mass is 253 g/mol. The molecule has 0 bridgehead atoms. The Morgan fingerprint density at radius 3 is 2.68 bits per heavy atom. The van der Waals surface area contributed by atoms with Gasteiger partial charge in [0.1, 0.15) is 11.8 Å². The van der Waals surface area contributed by atoms with Crippen molar-refractivity contribution in [2.75, 3.05) is 18.5 Å². The van der Waals surface area contributed by atoms with Crippen molar-refractivity contribution in [3.63, 3.8) is 0 Å². The van der Waals surface area contributed by atoms with E-state index in [1.165, 1.54) is 5.56 Å². The number of nitriles is 1. The Hall–Kier alpha value is -2.48. The SMILES string of the molecule is Cc1cc(C#N)nc(N(C)CCc2ccncc2)n1. The maximum absolute atomic E-state index is 8.91. The lowest BCUT2D eigenvalue weighted by Crippen LogP contribution is -2.23. The zero-order valence-corrected chi connectivity index (χ0v) is 11.0. The van der Waals surface area contributed by atoms with Crippen LogP contribution in [0.5, 0.6) is 0 Å². The molecular formula is C14H15N5. The molecule has 0 N–H and O–H groups in total. The highest BCUT2D eigenvalue weighted by molar-refractivity contribution is 5.35. The van der Waals surface area contributed by atoms with Gasteiger partial charge >= 0.3 is 0 Å². The van der Waals surface area contributed by atoms with E-state index in [0.29, 0.717) is 11.6 Å². The van der Waals surface area contributed by atoms with E-state index in [2.05, 4.69) is 21.0 Å². The first-order valence-electron chi connectivity index (χ1n) is 6.05. The quantitative estimate of drug-likeness (QED) is 0.830. The first-order chi connectivity index (χ1) is 9.19. The molecule has 0 aliphatic rings. The molecule has 5 nitrogen and oxygen atoms in total. The van der Waals surface area contributed by atoms with Crippen LogP contribution in [0.1, 0.15) is 17.0 Å². The van der Waals surface area contributed by atoms with Gasteiger partial charge in [-0.15, -0.1) is 0 Å². The van der Waals surface area contributed by atoms with Crippen molar-refractivity contribution in [3.8, 4) is 6.07 Å². The van der Waals surface area contributed by atoms with Crippen LogP contribution in [0.15, 0.2) is 30.6 Å². The van der Waals surface area contributed by atoms with Crippen LogP contribution >= 0.6 is 0 Å². The van der Waals surface area contributed by atoms with Crippen molar-refractivity contribution < 1.29 is 0 Å². The van der Waals surface area contributed by atoms with Crippen LogP contribution in [-0.2, 0) is 6.42 Å². The first-order valence-corrected chi connectivity index (χ1v) is 6.05. The van der Waals surface area contributed by atoms with Gasteiger partial charge in [-0.1, -0.05) is 0 Å². The molecule has 2 rings (SSSR count). The molecule has 2 heterocycles. The van der Waals surface area contributed by atoms with Gasteiger partial charge in [0.05, 0.1) is 0 Å². The lowest BCUT2D eigenvalue weighted by atomic mass is 10.2. The lowest BCUT2D eigenvalue weighted by Gasteiger charge is -2.17. The molecule has 2 aromatic rings. The fourth-order valence-electron chi connectivity index (χ4n) is 1.73. The Morgan fingerprint density at radius 1 is 1.26 bits per heavy atom. The second-order valence-corrected chi connectivity index (χ2v) is 4.33. The number of anilines is 1. The molecule has 0 atom stereocenters. The minimum atomic E-state index is 0.401. The molecule has 2 aromatic heterocycles. The van der Waals surface area contributed by atoms with Crippen LogP contribution in [0.25, 0.3) is 0 Å². The highest BCUT2D eigenvalue weighted by Gasteiger charge is 2.07. The normalized spacial score (nSPS) is 9.95. The van der Waals surface area contributed by atoms with Crippen LogP contribution in [0, 0.1) is 18.3 Å². The van der Waals surface area contributed by atoms with Gasteiger partial charge in [-0.3, -0.25) is 4.98 Å².